The summed E-state index contributed by atoms with van der Waals surface area (Å²) < 4.78 is 49.0. The lowest BCUT2D eigenvalue weighted by Crippen LogP contribution is -2.43. The number of fused-ring (bicyclic) bond motifs is 1. The van der Waals surface area contributed by atoms with Gasteiger partial charge in [0.05, 0.1) is 5.56 Å². The zero-order valence-corrected chi connectivity index (χ0v) is 12.5. The third kappa shape index (κ3) is 3.61. The van der Waals surface area contributed by atoms with Gasteiger partial charge in [0.2, 0.25) is 6.10 Å². The molecule has 3 rings (SSSR count). The molecule has 2 aromatic rings. The molecule has 0 spiro atoms. The third-order valence-electron chi connectivity index (χ3n) is 3.52. The highest BCUT2D eigenvalue weighted by atomic mass is 19.4. The molecule has 0 fully saturated rings. The smallest absolute Gasteiger partial charge is 0.416 e. The first-order valence-electron chi connectivity index (χ1n) is 7.26. The van der Waals surface area contributed by atoms with Crippen LogP contribution in [0.3, 0.4) is 0 Å². The molecule has 126 valence electrons. The minimum absolute atomic E-state index is 0.0236. The Morgan fingerprint density at radius 2 is 1.88 bits per heavy atom. The molecule has 0 unspecified atom stereocenters. The molecular formula is C17H14F3NO3. The molecule has 0 radical (unpaired) electrons. The zero-order chi connectivity index (χ0) is 17.2. The molecule has 2 aromatic carbocycles. The van der Waals surface area contributed by atoms with Gasteiger partial charge in [-0.3, -0.25) is 4.79 Å². The zero-order valence-electron chi connectivity index (χ0n) is 12.5. The van der Waals surface area contributed by atoms with Crippen LogP contribution in [0.4, 0.5) is 13.2 Å². The predicted molar refractivity (Wildman–Crippen MR) is 79.6 cm³/mol. The number of benzene rings is 2. The minimum Gasteiger partial charge on any atom is -0.485 e. The number of halogens is 3. The maximum absolute atomic E-state index is 12.7. The van der Waals surface area contributed by atoms with Gasteiger partial charge in [-0.25, -0.2) is 0 Å². The highest BCUT2D eigenvalue weighted by molar-refractivity contribution is 5.81. The SMILES string of the molecule is O=C(NCc1cccc(C(F)(F)F)c1)[C@H]1COc2ccccc2O1. The molecule has 1 atom stereocenters. The van der Waals surface area contributed by atoms with Gasteiger partial charge in [0.15, 0.2) is 11.5 Å². The number of carbonyl (C=O) groups excluding carboxylic acids is 1. The number of ether oxygens (including phenoxy) is 2. The van der Waals surface area contributed by atoms with E-state index in [0.717, 1.165) is 12.1 Å². The van der Waals surface area contributed by atoms with Gasteiger partial charge in [-0.2, -0.15) is 13.2 Å². The van der Waals surface area contributed by atoms with E-state index in [9.17, 15) is 18.0 Å². The highest BCUT2D eigenvalue weighted by Gasteiger charge is 2.30. The summed E-state index contributed by atoms with van der Waals surface area (Å²) in [6.07, 6.45) is -5.25. The van der Waals surface area contributed by atoms with Gasteiger partial charge in [0.1, 0.15) is 6.61 Å². The third-order valence-corrected chi connectivity index (χ3v) is 3.52. The summed E-state index contributed by atoms with van der Waals surface area (Å²) in [4.78, 5) is 12.1. The van der Waals surface area contributed by atoms with E-state index in [1.807, 2.05) is 0 Å². The van der Waals surface area contributed by atoms with Gasteiger partial charge in [-0.15, -0.1) is 0 Å². The molecule has 1 heterocycles. The van der Waals surface area contributed by atoms with Gasteiger partial charge in [-0.05, 0) is 29.8 Å². The molecule has 0 saturated carbocycles. The Morgan fingerprint density at radius 1 is 1.12 bits per heavy atom. The van der Waals surface area contributed by atoms with Gasteiger partial charge < -0.3 is 14.8 Å². The van der Waals surface area contributed by atoms with Crippen LogP contribution >= 0.6 is 0 Å². The Hall–Kier alpha value is -2.70. The summed E-state index contributed by atoms with van der Waals surface area (Å²) in [5.74, 6) is 0.573. The number of alkyl halides is 3. The van der Waals surface area contributed by atoms with Crippen molar-refractivity contribution in [1.82, 2.24) is 5.32 Å². The van der Waals surface area contributed by atoms with Crippen LogP contribution in [0.1, 0.15) is 11.1 Å². The fraction of sp³-hybridized carbons (Fsp3) is 0.235. The van der Waals surface area contributed by atoms with E-state index in [1.165, 1.54) is 12.1 Å². The second-order valence-corrected chi connectivity index (χ2v) is 5.28. The number of amides is 1. The molecule has 1 N–H and O–H groups in total. The number of hydrogen-bond donors (Lipinski definition) is 1. The van der Waals surface area contributed by atoms with Crippen LogP contribution in [-0.2, 0) is 17.5 Å². The molecule has 1 aliphatic heterocycles. The Kier molecular flexibility index (Phi) is 4.33. The molecule has 0 saturated heterocycles. The fourth-order valence-electron chi connectivity index (χ4n) is 2.31. The normalized spacial score (nSPS) is 16.5. The van der Waals surface area contributed by atoms with Crippen LogP contribution in [0.15, 0.2) is 48.5 Å². The summed E-state index contributed by atoms with van der Waals surface area (Å²) in [7, 11) is 0. The lowest BCUT2D eigenvalue weighted by molar-refractivity contribution is -0.137. The molecule has 4 nitrogen and oxygen atoms in total. The molecule has 0 bridgehead atoms. The van der Waals surface area contributed by atoms with Crippen LogP contribution in [-0.4, -0.2) is 18.6 Å². The maximum Gasteiger partial charge on any atom is 0.416 e. The first kappa shape index (κ1) is 16.2. The van der Waals surface area contributed by atoms with E-state index in [1.54, 1.807) is 24.3 Å². The molecular weight excluding hydrogens is 323 g/mol. The molecule has 7 heteroatoms. The average molecular weight is 337 g/mol. The van der Waals surface area contributed by atoms with Crippen LogP contribution in [0.2, 0.25) is 0 Å². The van der Waals surface area contributed by atoms with Gasteiger partial charge in [0, 0.05) is 6.54 Å². The van der Waals surface area contributed by atoms with Gasteiger partial charge >= 0.3 is 6.18 Å². The number of carbonyl (C=O) groups is 1. The van der Waals surface area contributed by atoms with Crippen LogP contribution in [0, 0.1) is 0 Å². The van der Waals surface area contributed by atoms with E-state index in [-0.39, 0.29) is 13.2 Å². The Bertz CT molecular complexity index is 746. The van der Waals surface area contributed by atoms with Crippen molar-refractivity contribution in [2.45, 2.75) is 18.8 Å². The first-order chi connectivity index (χ1) is 11.4. The van der Waals surface area contributed by atoms with Crippen molar-refractivity contribution in [3.63, 3.8) is 0 Å². The molecule has 1 aliphatic rings. The fourth-order valence-corrected chi connectivity index (χ4v) is 2.31. The van der Waals surface area contributed by atoms with Crippen molar-refractivity contribution in [2.75, 3.05) is 6.61 Å². The molecule has 24 heavy (non-hydrogen) atoms. The second-order valence-electron chi connectivity index (χ2n) is 5.28. The summed E-state index contributed by atoms with van der Waals surface area (Å²) in [6, 6.07) is 11.8. The van der Waals surface area contributed by atoms with E-state index in [4.69, 9.17) is 9.47 Å². The van der Waals surface area contributed by atoms with Crippen LogP contribution in [0.5, 0.6) is 11.5 Å². The topological polar surface area (TPSA) is 47.6 Å². The Morgan fingerprint density at radius 3 is 2.62 bits per heavy atom. The van der Waals surface area contributed by atoms with E-state index >= 15 is 0 Å². The monoisotopic (exact) mass is 337 g/mol. The Labute approximate surface area is 136 Å². The van der Waals surface area contributed by atoms with Crippen molar-refractivity contribution < 1.29 is 27.4 Å². The van der Waals surface area contributed by atoms with Crippen molar-refractivity contribution in [1.29, 1.82) is 0 Å². The van der Waals surface area contributed by atoms with Crippen molar-refractivity contribution in [2.24, 2.45) is 0 Å². The summed E-state index contributed by atoms with van der Waals surface area (Å²) >= 11 is 0. The molecule has 0 aromatic heterocycles. The molecule has 0 aliphatic carbocycles. The van der Waals surface area contributed by atoms with E-state index in [0.29, 0.717) is 17.1 Å². The summed E-state index contributed by atoms with van der Waals surface area (Å²) in [5.41, 5.74) is -0.393. The second kappa shape index (κ2) is 6.43. The van der Waals surface area contributed by atoms with Crippen LogP contribution < -0.4 is 14.8 Å². The Balaban J connectivity index is 1.61. The number of rotatable bonds is 3. The average Bonchev–Trinajstić information content (AvgIpc) is 2.59. The van der Waals surface area contributed by atoms with E-state index in [2.05, 4.69) is 5.32 Å². The molecule has 1 amide bonds. The summed E-state index contributed by atoms with van der Waals surface area (Å²) in [6.45, 7) is 0.0235. The van der Waals surface area contributed by atoms with E-state index < -0.39 is 23.8 Å². The number of hydrogen-bond acceptors (Lipinski definition) is 3. The standard InChI is InChI=1S/C17H14F3NO3/c18-17(19,20)12-5-3-4-11(8-12)9-21-16(22)15-10-23-13-6-1-2-7-14(13)24-15/h1-8,15H,9-10H2,(H,21,22)/t15-/m1/s1. The lowest BCUT2D eigenvalue weighted by Gasteiger charge is -2.25. The minimum atomic E-state index is -4.41. The van der Waals surface area contributed by atoms with Crippen molar-refractivity contribution in [3.8, 4) is 11.5 Å². The maximum atomic E-state index is 12.7. The lowest BCUT2D eigenvalue weighted by atomic mass is 10.1. The number of nitrogens with one attached hydrogen (secondary N) is 1. The van der Waals surface area contributed by atoms with Gasteiger partial charge in [0.25, 0.3) is 5.91 Å². The number of para-hydroxylation sites is 2. The summed E-state index contributed by atoms with van der Waals surface area (Å²) in [5, 5.41) is 2.57. The van der Waals surface area contributed by atoms with Crippen molar-refractivity contribution in [3.05, 3.63) is 59.7 Å². The van der Waals surface area contributed by atoms with Crippen LogP contribution in [0.25, 0.3) is 0 Å². The quantitative estimate of drug-likeness (QED) is 0.936. The van der Waals surface area contributed by atoms with Crippen molar-refractivity contribution >= 4 is 5.91 Å². The predicted octanol–water partition coefficient (Wildman–Crippen LogP) is 3.16. The highest BCUT2D eigenvalue weighted by Crippen LogP contribution is 2.31. The van der Waals surface area contributed by atoms with Gasteiger partial charge in [-0.1, -0.05) is 24.3 Å². The largest absolute Gasteiger partial charge is 0.485 e. The first-order valence-corrected chi connectivity index (χ1v) is 7.26.